The number of hydrogen-bond acceptors (Lipinski definition) is 3. The molecule has 0 amide bonds. The molecule has 3 heteroatoms. The molecule has 0 aliphatic carbocycles. The van der Waals surface area contributed by atoms with Crippen LogP contribution in [-0.2, 0) is 0 Å². The number of aldehydes is 1. The standard InChI is InChI=1S/C17H13NO2/c1-3-14-15(8-9-17(20-2)16(14)11-19)13-6-4-12(10-18)5-7-13/h3-9,11H,1H2,2H3. The van der Waals surface area contributed by atoms with Crippen molar-refractivity contribution in [3.63, 3.8) is 0 Å². The van der Waals surface area contributed by atoms with Crippen LogP contribution >= 0.6 is 0 Å². The van der Waals surface area contributed by atoms with Gasteiger partial charge in [-0.05, 0) is 34.9 Å². The van der Waals surface area contributed by atoms with Crippen LogP contribution in [0.25, 0.3) is 17.2 Å². The maximum absolute atomic E-state index is 11.3. The topological polar surface area (TPSA) is 50.1 Å². The van der Waals surface area contributed by atoms with Gasteiger partial charge in [0.1, 0.15) is 5.75 Å². The number of carbonyl (C=O) groups excluding carboxylic acids is 1. The van der Waals surface area contributed by atoms with Gasteiger partial charge in [-0.25, -0.2) is 0 Å². The van der Waals surface area contributed by atoms with Crippen LogP contribution in [0, 0.1) is 11.3 Å². The molecule has 2 rings (SSSR count). The number of methoxy groups -OCH3 is 1. The predicted octanol–water partition coefficient (Wildman–Crippen LogP) is 3.69. The van der Waals surface area contributed by atoms with Crippen molar-refractivity contribution >= 4 is 12.4 Å². The lowest BCUT2D eigenvalue weighted by Crippen LogP contribution is -1.96. The van der Waals surface area contributed by atoms with Gasteiger partial charge in [-0.3, -0.25) is 4.79 Å². The molecule has 0 radical (unpaired) electrons. The molecule has 0 fully saturated rings. The summed E-state index contributed by atoms with van der Waals surface area (Å²) in [5.74, 6) is 0.521. The summed E-state index contributed by atoms with van der Waals surface area (Å²) >= 11 is 0. The van der Waals surface area contributed by atoms with Gasteiger partial charge < -0.3 is 4.74 Å². The average Bonchev–Trinajstić information content (AvgIpc) is 2.53. The number of rotatable bonds is 4. The number of hydrogen-bond donors (Lipinski definition) is 0. The molecule has 3 nitrogen and oxygen atoms in total. The number of nitrogens with zero attached hydrogens (tertiary/aromatic N) is 1. The number of benzene rings is 2. The zero-order valence-corrected chi connectivity index (χ0v) is 11.1. The molecule has 20 heavy (non-hydrogen) atoms. The molecule has 0 atom stereocenters. The summed E-state index contributed by atoms with van der Waals surface area (Å²) in [5.41, 5.74) is 3.60. The Kier molecular flexibility index (Phi) is 3.97. The molecule has 2 aromatic rings. The Morgan fingerprint density at radius 2 is 1.85 bits per heavy atom. The molecule has 0 saturated carbocycles. The smallest absolute Gasteiger partial charge is 0.154 e. The van der Waals surface area contributed by atoms with Crippen molar-refractivity contribution in [3.05, 3.63) is 59.7 Å². The van der Waals surface area contributed by atoms with E-state index in [4.69, 9.17) is 10.00 Å². The molecule has 0 aromatic heterocycles. The highest BCUT2D eigenvalue weighted by molar-refractivity contribution is 5.91. The molecule has 0 heterocycles. The third-order valence-corrected chi connectivity index (χ3v) is 3.11. The highest BCUT2D eigenvalue weighted by atomic mass is 16.5. The number of ether oxygens (including phenoxy) is 1. The first-order chi connectivity index (χ1) is 9.74. The summed E-state index contributed by atoms with van der Waals surface area (Å²) in [6, 6.07) is 12.9. The Labute approximate surface area is 117 Å². The van der Waals surface area contributed by atoms with Crippen LogP contribution in [0.3, 0.4) is 0 Å². The van der Waals surface area contributed by atoms with E-state index in [0.29, 0.717) is 16.9 Å². The SMILES string of the molecule is C=Cc1c(-c2ccc(C#N)cc2)ccc(OC)c1C=O. The van der Waals surface area contributed by atoms with Crippen LogP contribution in [0.4, 0.5) is 0 Å². The van der Waals surface area contributed by atoms with Crippen molar-refractivity contribution in [1.29, 1.82) is 5.26 Å². The fourth-order valence-electron chi connectivity index (χ4n) is 2.11. The Morgan fingerprint density at radius 3 is 2.35 bits per heavy atom. The van der Waals surface area contributed by atoms with Gasteiger partial charge in [-0.15, -0.1) is 0 Å². The first kappa shape index (κ1) is 13.6. The quantitative estimate of drug-likeness (QED) is 0.790. The minimum absolute atomic E-state index is 0.476. The van der Waals surface area contributed by atoms with E-state index in [1.807, 2.05) is 18.2 Å². The number of nitriles is 1. The summed E-state index contributed by atoms with van der Waals surface area (Å²) < 4.78 is 5.18. The number of carbonyl (C=O) groups is 1. The minimum atomic E-state index is 0.476. The van der Waals surface area contributed by atoms with Crippen LogP contribution in [0.5, 0.6) is 5.75 Å². The monoisotopic (exact) mass is 263 g/mol. The second kappa shape index (κ2) is 5.85. The predicted molar refractivity (Wildman–Crippen MR) is 78.6 cm³/mol. The highest BCUT2D eigenvalue weighted by Crippen LogP contribution is 2.32. The van der Waals surface area contributed by atoms with E-state index < -0.39 is 0 Å². The van der Waals surface area contributed by atoms with Gasteiger partial charge in [-0.2, -0.15) is 5.26 Å². The van der Waals surface area contributed by atoms with Crippen molar-refractivity contribution in [2.75, 3.05) is 7.11 Å². The largest absolute Gasteiger partial charge is 0.496 e. The molecule has 0 aliphatic heterocycles. The molecule has 0 N–H and O–H groups in total. The molecule has 2 aromatic carbocycles. The molecule has 0 bridgehead atoms. The maximum atomic E-state index is 11.3. The third kappa shape index (κ3) is 2.32. The van der Waals surface area contributed by atoms with Crippen molar-refractivity contribution in [1.82, 2.24) is 0 Å². The van der Waals surface area contributed by atoms with E-state index in [9.17, 15) is 4.79 Å². The van der Waals surface area contributed by atoms with Crippen molar-refractivity contribution in [3.8, 4) is 22.9 Å². The summed E-state index contributed by atoms with van der Waals surface area (Å²) in [5, 5.41) is 8.82. The fourth-order valence-corrected chi connectivity index (χ4v) is 2.11. The second-order valence-corrected chi connectivity index (χ2v) is 4.15. The van der Waals surface area contributed by atoms with E-state index in [1.54, 1.807) is 24.3 Å². The lowest BCUT2D eigenvalue weighted by Gasteiger charge is -2.12. The Bertz CT molecular complexity index is 694. The van der Waals surface area contributed by atoms with Gasteiger partial charge in [0.2, 0.25) is 0 Å². The van der Waals surface area contributed by atoms with E-state index >= 15 is 0 Å². The van der Waals surface area contributed by atoms with Gasteiger partial charge >= 0.3 is 0 Å². The Balaban J connectivity index is 2.64. The molecular formula is C17H13NO2. The van der Waals surface area contributed by atoms with Gasteiger partial charge in [0, 0.05) is 0 Å². The molecule has 98 valence electrons. The van der Waals surface area contributed by atoms with Crippen LogP contribution in [0.15, 0.2) is 43.0 Å². The molecule has 0 unspecified atom stereocenters. The van der Waals surface area contributed by atoms with E-state index in [2.05, 4.69) is 12.6 Å². The van der Waals surface area contributed by atoms with Crippen LogP contribution in [0.2, 0.25) is 0 Å². The van der Waals surface area contributed by atoms with Crippen LogP contribution < -0.4 is 4.74 Å². The molecule has 0 aliphatic rings. The van der Waals surface area contributed by atoms with Gasteiger partial charge in [0.25, 0.3) is 0 Å². The van der Waals surface area contributed by atoms with Gasteiger partial charge in [-0.1, -0.05) is 30.9 Å². The molecule has 0 saturated heterocycles. The Hall–Kier alpha value is -2.86. The lowest BCUT2D eigenvalue weighted by molar-refractivity contribution is 0.112. The van der Waals surface area contributed by atoms with Crippen LogP contribution in [0.1, 0.15) is 21.5 Å². The van der Waals surface area contributed by atoms with Crippen molar-refractivity contribution in [2.45, 2.75) is 0 Å². The first-order valence-electron chi connectivity index (χ1n) is 6.04. The third-order valence-electron chi connectivity index (χ3n) is 3.11. The highest BCUT2D eigenvalue weighted by Gasteiger charge is 2.12. The van der Waals surface area contributed by atoms with E-state index in [1.165, 1.54) is 7.11 Å². The van der Waals surface area contributed by atoms with Gasteiger partial charge in [0.15, 0.2) is 6.29 Å². The normalized spacial score (nSPS) is 9.60. The fraction of sp³-hybridized carbons (Fsp3) is 0.0588. The average molecular weight is 263 g/mol. The van der Waals surface area contributed by atoms with E-state index in [-0.39, 0.29) is 0 Å². The summed E-state index contributed by atoms with van der Waals surface area (Å²) in [6.45, 7) is 3.77. The Morgan fingerprint density at radius 1 is 1.15 bits per heavy atom. The summed E-state index contributed by atoms with van der Waals surface area (Å²) in [4.78, 5) is 11.3. The summed E-state index contributed by atoms with van der Waals surface area (Å²) in [6.07, 6.45) is 2.41. The summed E-state index contributed by atoms with van der Waals surface area (Å²) in [7, 11) is 1.52. The molecular weight excluding hydrogens is 250 g/mol. The first-order valence-corrected chi connectivity index (χ1v) is 6.04. The zero-order chi connectivity index (χ0) is 14.5. The van der Waals surface area contributed by atoms with E-state index in [0.717, 1.165) is 23.0 Å². The van der Waals surface area contributed by atoms with Gasteiger partial charge in [0.05, 0.1) is 24.3 Å². The maximum Gasteiger partial charge on any atom is 0.154 e. The second-order valence-electron chi connectivity index (χ2n) is 4.15. The van der Waals surface area contributed by atoms with Crippen molar-refractivity contribution in [2.24, 2.45) is 0 Å². The minimum Gasteiger partial charge on any atom is -0.496 e. The van der Waals surface area contributed by atoms with Crippen molar-refractivity contribution < 1.29 is 9.53 Å². The zero-order valence-electron chi connectivity index (χ0n) is 11.1. The molecule has 0 spiro atoms. The lowest BCUT2D eigenvalue weighted by atomic mass is 9.94. The van der Waals surface area contributed by atoms with Crippen LogP contribution in [-0.4, -0.2) is 13.4 Å².